The van der Waals surface area contributed by atoms with E-state index in [4.69, 9.17) is 0 Å². The maximum Gasteiger partial charge on any atom is -0.00920 e. The third kappa shape index (κ3) is 2.14. The fourth-order valence-electron chi connectivity index (χ4n) is 2.57. The van der Waals surface area contributed by atoms with Crippen LogP contribution in [0.4, 0.5) is 0 Å². The lowest BCUT2D eigenvalue weighted by Crippen LogP contribution is -2.03. The van der Waals surface area contributed by atoms with Gasteiger partial charge in [-0.2, -0.15) is 0 Å². The number of fused-ring (bicyclic) bond motifs is 1. The van der Waals surface area contributed by atoms with Crippen LogP contribution in [0.25, 0.3) is 0 Å². The third-order valence-corrected chi connectivity index (χ3v) is 3.47. The zero-order valence-electron chi connectivity index (χ0n) is 9.84. The average molecular weight is 200 g/mol. The molecule has 0 N–H and O–H groups in total. The van der Waals surface area contributed by atoms with Gasteiger partial charge in [-0.1, -0.05) is 37.3 Å². The molecular weight excluding hydrogens is 180 g/mol. The van der Waals surface area contributed by atoms with Crippen molar-refractivity contribution in [3.63, 3.8) is 0 Å². The second-order valence-electron chi connectivity index (χ2n) is 4.79. The largest absolute Gasteiger partial charge is 0.0958 e. The molecule has 0 aromatic carbocycles. The lowest BCUT2D eigenvalue weighted by molar-refractivity contribution is 0.679. The Labute approximate surface area is 93.1 Å². The van der Waals surface area contributed by atoms with Crippen LogP contribution >= 0.6 is 0 Å². The minimum Gasteiger partial charge on any atom is -0.0958 e. The molecule has 0 heterocycles. The van der Waals surface area contributed by atoms with Gasteiger partial charge < -0.3 is 0 Å². The molecule has 0 amide bonds. The van der Waals surface area contributed by atoms with Crippen LogP contribution in [0.15, 0.2) is 47.1 Å². The molecule has 0 saturated heterocycles. The SMILES string of the molecule is C=C(C)C1=CCC2=CCCC=C2C(C)C1. The molecule has 0 aromatic heterocycles. The lowest BCUT2D eigenvalue weighted by atomic mass is 9.86. The van der Waals surface area contributed by atoms with Gasteiger partial charge in [0.25, 0.3) is 0 Å². The minimum absolute atomic E-state index is 0.669. The normalized spacial score (nSPS) is 25.7. The minimum atomic E-state index is 0.669. The molecule has 0 heteroatoms. The summed E-state index contributed by atoms with van der Waals surface area (Å²) in [6, 6.07) is 0. The van der Waals surface area contributed by atoms with Gasteiger partial charge in [-0.3, -0.25) is 0 Å². The molecule has 0 spiro atoms. The van der Waals surface area contributed by atoms with Crippen molar-refractivity contribution in [1.82, 2.24) is 0 Å². The van der Waals surface area contributed by atoms with Crippen molar-refractivity contribution >= 4 is 0 Å². The molecular formula is C15H20. The first-order chi connectivity index (χ1) is 7.18. The van der Waals surface area contributed by atoms with E-state index in [0.29, 0.717) is 5.92 Å². The zero-order chi connectivity index (χ0) is 10.8. The molecule has 1 unspecified atom stereocenters. The first kappa shape index (κ1) is 10.5. The van der Waals surface area contributed by atoms with E-state index in [9.17, 15) is 0 Å². The van der Waals surface area contributed by atoms with E-state index in [0.717, 1.165) is 6.42 Å². The Morgan fingerprint density at radius 2 is 2.00 bits per heavy atom. The van der Waals surface area contributed by atoms with Gasteiger partial charge in [-0.25, -0.2) is 0 Å². The van der Waals surface area contributed by atoms with Gasteiger partial charge in [0.15, 0.2) is 0 Å². The summed E-state index contributed by atoms with van der Waals surface area (Å²) >= 11 is 0. The standard InChI is InChI=1S/C15H20/c1-11(2)14-9-8-13-6-4-5-7-15(13)12(3)10-14/h6-7,9,12H,1,4-5,8,10H2,2-3H3. The fraction of sp³-hybridized carbons (Fsp3) is 0.467. The molecule has 0 aromatic rings. The molecule has 80 valence electrons. The van der Waals surface area contributed by atoms with Crippen LogP contribution in [0.5, 0.6) is 0 Å². The predicted molar refractivity (Wildman–Crippen MR) is 66.7 cm³/mol. The van der Waals surface area contributed by atoms with Crippen LogP contribution in [0, 0.1) is 5.92 Å². The van der Waals surface area contributed by atoms with Crippen LogP contribution in [0.1, 0.15) is 39.5 Å². The van der Waals surface area contributed by atoms with Crippen LogP contribution < -0.4 is 0 Å². The van der Waals surface area contributed by atoms with Crippen molar-refractivity contribution in [2.45, 2.75) is 39.5 Å². The van der Waals surface area contributed by atoms with E-state index in [1.807, 2.05) is 0 Å². The Hall–Kier alpha value is -1.04. The first-order valence-electron chi connectivity index (χ1n) is 5.93. The summed E-state index contributed by atoms with van der Waals surface area (Å²) in [4.78, 5) is 0. The summed E-state index contributed by atoms with van der Waals surface area (Å²) in [7, 11) is 0. The van der Waals surface area contributed by atoms with Crippen LogP contribution in [-0.4, -0.2) is 0 Å². The molecule has 0 fully saturated rings. The zero-order valence-corrected chi connectivity index (χ0v) is 9.84. The highest BCUT2D eigenvalue weighted by Crippen LogP contribution is 2.36. The number of hydrogen-bond acceptors (Lipinski definition) is 0. The monoisotopic (exact) mass is 200 g/mol. The number of hydrogen-bond donors (Lipinski definition) is 0. The van der Waals surface area contributed by atoms with Crippen LogP contribution in [0.2, 0.25) is 0 Å². The maximum atomic E-state index is 4.07. The third-order valence-electron chi connectivity index (χ3n) is 3.47. The summed E-state index contributed by atoms with van der Waals surface area (Å²) in [6.45, 7) is 8.53. The molecule has 0 aliphatic heterocycles. The summed E-state index contributed by atoms with van der Waals surface area (Å²) in [6.07, 6.45) is 12.0. The van der Waals surface area contributed by atoms with E-state index in [2.05, 4.69) is 38.7 Å². The van der Waals surface area contributed by atoms with Crippen LogP contribution in [-0.2, 0) is 0 Å². The Morgan fingerprint density at radius 1 is 1.27 bits per heavy atom. The average Bonchev–Trinajstić information content (AvgIpc) is 2.39. The molecule has 0 radical (unpaired) electrons. The van der Waals surface area contributed by atoms with Crippen molar-refractivity contribution in [2.75, 3.05) is 0 Å². The highest BCUT2D eigenvalue weighted by molar-refractivity contribution is 5.42. The summed E-state index contributed by atoms with van der Waals surface area (Å²) in [5, 5.41) is 0. The molecule has 15 heavy (non-hydrogen) atoms. The number of allylic oxidation sites excluding steroid dienone is 7. The van der Waals surface area contributed by atoms with Crippen molar-refractivity contribution in [3.8, 4) is 0 Å². The molecule has 0 nitrogen and oxygen atoms in total. The van der Waals surface area contributed by atoms with Gasteiger partial charge in [0, 0.05) is 0 Å². The lowest BCUT2D eigenvalue weighted by Gasteiger charge is -2.19. The molecule has 2 rings (SSSR count). The van der Waals surface area contributed by atoms with E-state index in [-0.39, 0.29) is 0 Å². The summed E-state index contributed by atoms with van der Waals surface area (Å²) in [5.41, 5.74) is 5.85. The molecule has 1 atom stereocenters. The van der Waals surface area contributed by atoms with E-state index < -0.39 is 0 Å². The molecule has 2 aliphatic rings. The quantitative estimate of drug-likeness (QED) is 0.582. The Kier molecular flexibility index (Phi) is 2.95. The van der Waals surface area contributed by atoms with Crippen LogP contribution in [0.3, 0.4) is 0 Å². The maximum absolute atomic E-state index is 4.07. The van der Waals surface area contributed by atoms with E-state index in [1.165, 1.54) is 30.4 Å². The van der Waals surface area contributed by atoms with Crippen molar-refractivity contribution in [2.24, 2.45) is 5.92 Å². The van der Waals surface area contributed by atoms with Gasteiger partial charge in [0.2, 0.25) is 0 Å². The van der Waals surface area contributed by atoms with Gasteiger partial charge >= 0.3 is 0 Å². The van der Waals surface area contributed by atoms with Crippen molar-refractivity contribution in [1.29, 1.82) is 0 Å². The van der Waals surface area contributed by atoms with Crippen molar-refractivity contribution < 1.29 is 0 Å². The van der Waals surface area contributed by atoms with E-state index >= 15 is 0 Å². The second kappa shape index (κ2) is 4.22. The molecule has 0 saturated carbocycles. The first-order valence-corrected chi connectivity index (χ1v) is 5.93. The Morgan fingerprint density at radius 3 is 2.73 bits per heavy atom. The Balaban J connectivity index is 2.29. The molecule has 2 aliphatic carbocycles. The highest BCUT2D eigenvalue weighted by atomic mass is 14.2. The fourth-order valence-corrected chi connectivity index (χ4v) is 2.57. The summed E-state index contributed by atoms with van der Waals surface area (Å²) < 4.78 is 0. The van der Waals surface area contributed by atoms with Gasteiger partial charge in [0.05, 0.1) is 0 Å². The Bertz CT molecular complexity index is 363. The predicted octanol–water partition coefficient (Wildman–Crippen LogP) is 4.57. The smallest absolute Gasteiger partial charge is 0.00920 e. The second-order valence-corrected chi connectivity index (χ2v) is 4.79. The highest BCUT2D eigenvalue weighted by Gasteiger charge is 2.19. The van der Waals surface area contributed by atoms with Crippen molar-refractivity contribution in [3.05, 3.63) is 47.1 Å². The van der Waals surface area contributed by atoms with Gasteiger partial charge in [0.1, 0.15) is 0 Å². The van der Waals surface area contributed by atoms with Gasteiger partial charge in [-0.15, -0.1) is 0 Å². The molecule has 0 bridgehead atoms. The van der Waals surface area contributed by atoms with Gasteiger partial charge in [-0.05, 0) is 55.2 Å². The summed E-state index contributed by atoms with van der Waals surface area (Å²) in [5.74, 6) is 0.669. The topological polar surface area (TPSA) is 0 Å². The van der Waals surface area contributed by atoms with E-state index in [1.54, 1.807) is 11.1 Å². The number of rotatable bonds is 1.